The number of amides is 1. The molecule has 1 amide bonds. The molecule has 0 aliphatic carbocycles. The molecule has 0 spiro atoms. The summed E-state index contributed by atoms with van der Waals surface area (Å²) < 4.78 is 0. The molecule has 0 aromatic heterocycles. The average Bonchev–Trinajstić information content (AvgIpc) is 2.46. The first-order chi connectivity index (χ1) is 10.1. The second kappa shape index (κ2) is 7.46. The van der Waals surface area contributed by atoms with Gasteiger partial charge in [0, 0.05) is 17.3 Å². The number of hydrogen-bond donors (Lipinski definition) is 2. The second-order valence-corrected chi connectivity index (χ2v) is 5.36. The number of nitrogens with one attached hydrogen (secondary N) is 2. The molecular formula is C16H16Cl2N2O. The lowest BCUT2D eigenvalue weighted by Crippen LogP contribution is -2.17. The van der Waals surface area contributed by atoms with E-state index in [-0.39, 0.29) is 5.91 Å². The second-order valence-electron chi connectivity index (χ2n) is 4.52. The Balaban J connectivity index is 2.19. The third-order valence-corrected chi connectivity index (χ3v) is 3.55. The van der Waals surface area contributed by atoms with Crippen molar-refractivity contribution in [2.24, 2.45) is 0 Å². The maximum atomic E-state index is 12.3. The van der Waals surface area contributed by atoms with E-state index >= 15 is 0 Å². The number of carbonyl (C=O) groups is 1. The molecule has 0 bridgehead atoms. The van der Waals surface area contributed by atoms with Gasteiger partial charge in [0.15, 0.2) is 0 Å². The van der Waals surface area contributed by atoms with Crippen LogP contribution >= 0.6 is 23.2 Å². The monoisotopic (exact) mass is 322 g/mol. The molecule has 2 N–H and O–H groups in total. The van der Waals surface area contributed by atoms with Gasteiger partial charge in [-0.15, -0.1) is 0 Å². The lowest BCUT2D eigenvalue weighted by molar-refractivity contribution is 0.102. The lowest BCUT2D eigenvalue weighted by atomic mass is 10.1. The van der Waals surface area contributed by atoms with Crippen molar-refractivity contribution in [1.29, 1.82) is 0 Å². The van der Waals surface area contributed by atoms with Gasteiger partial charge in [-0.05, 0) is 36.4 Å². The van der Waals surface area contributed by atoms with E-state index in [1.165, 1.54) is 0 Å². The zero-order chi connectivity index (χ0) is 15.2. The van der Waals surface area contributed by atoms with Crippen LogP contribution in [0.5, 0.6) is 0 Å². The minimum Gasteiger partial charge on any atom is -0.322 e. The molecule has 0 heterocycles. The Labute approximate surface area is 134 Å². The van der Waals surface area contributed by atoms with Crippen molar-refractivity contribution in [2.45, 2.75) is 13.5 Å². The molecule has 5 heteroatoms. The van der Waals surface area contributed by atoms with Crippen molar-refractivity contribution in [3.63, 3.8) is 0 Å². The van der Waals surface area contributed by atoms with Gasteiger partial charge in [0.05, 0.1) is 10.6 Å². The largest absolute Gasteiger partial charge is 0.322 e. The minimum atomic E-state index is -0.249. The summed E-state index contributed by atoms with van der Waals surface area (Å²) in [7, 11) is 0. The van der Waals surface area contributed by atoms with Crippen LogP contribution in [0.15, 0.2) is 42.5 Å². The van der Waals surface area contributed by atoms with E-state index in [9.17, 15) is 4.79 Å². The summed E-state index contributed by atoms with van der Waals surface area (Å²) in [6.07, 6.45) is 0. The molecule has 3 nitrogen and oxygen atoms in total. The zero-order valence-electron chi connectivity index (χ0n) is 11.6. The summed E-state index contributed by atoms with van der Waals surface area (Å²) in [5, 5.41) is 6.97. The molecule has 110 valence electrons. The molecule has 0 radical (unpaired) electrons. The van der Waals surface area contributed by atoms with Gasteiger partial charge in [-0.1, -0.05) is 48.3 Å². The first-order valence-corrected chi connectivity index (χ1v) is 7.42. The number of anilines is 1. The van der Waals surface area contributed by atoms with E-state index in [1.807, 2.05) is 31.2 Å². The molecule has 0 aliphatic rings. The predicted molar refractivity (Wildman–Crippen MR) is 88.2 cm³/mol. The van der Waals surface area contributed by atoms with Crippen LogP contribution in [0, 0.1) is 0 Å². The van der Waals surface area contributed by atoms with Gasteiger partial charge >= 0.3 is 0 Å². The minimum absolute atomic E-state index is 0.249. The topological polar surface area (TPSA) is 41.1 Å². The highest BCUT2D eigenvalue weighted by molar-refractivity contribution is 6.37. The highest BCUT2D eigenvalue weighted by atomic mass is 35.5. The van der Waals surface area contributed by atoms with Gasteiger partial charge in [0.1, 0.15) is 0 Å². The summed E-state index contributed by atoms with van der Waals surface area (Å²) in [6.45, 7) is 3.60. The zero-order valence-corrected chi connectivity index (χ0v) is 13.1. The fourth-order valence-corrected chi connectivity index (χ4v) is 2.41. The van der Waals surface area contributed by atoms with Crippen LogP contribution in [0.1, 0.15) is 22.8 Å². The van der Waals surface area contributed by atoms with Gasteiger partial charge < -0.3 is 10.6 Å². The van der Waals surface area contributed by atoms with Crippen LogP contribution in [-0.2, 0) is 6.54 Å². The van der Waals surface area contributed by atoms with Crippen molar-refractivity contribution < 1.29 is 4.79 Å². The molecule has 2 aromatic rings. The summed E-state index contributed by atoms with van der Waals surface area (Å²) >= 11 is 11.9. The lowest BCUT2D eigenvalue weighted by Gasteiger charge is -2.12. The van der Waals surface area contributed by atoms with E-state index in [0.717, 1.165) is 17.8 Å². The van der Waals surface area contributed by atoms with Gasteiger partial charge in [-0.25, -0.2) is 0 Å². The number of benzene rings is 2. The standard InChI is InChI=1S/C16H16Cl2N2O/c1-2-19-10-11-5-3-4-6-15(11)20-16(21)13-8-7-12(17)9-14(13)18/h3-9,19H,2,10H2,1H3,(H,20,21). The molecule has 0 atom stereocenters. The summed E-state index contributed by atoms with van der Waals surface area (Å²) in [5.41, 5.74) is 2.20. The van der Waals surface area contributed by atoms with Crippen molar-refractivity contribution in [3.8, 4) is 0 Å². The van der Waals surface area contributed by atoms with Crippen molar-refractivity contribution >= 4 is 34.8 Å². The van der Waals surface area contributed by atoms with Gasteiger partial charge in [0.25, 0.3) is 5.91 Å². The smallest absolute Gasteiger partial charge is 0.257 e. The highest BCUT2D eigenvalue weighted by Gasteiger charge is 2.12. The summed E-state index contributed by atoms with van der Waals surface area (Å²) in [4.78, 5) is 12.3. The van der Waals surface area contributed by atoms with E-state index in [0.29, 0.717) is 22.2 Å². The van der Waals surface area contributed by atoms with Crippen LogP contribution in [0.2, 0.25) is 10.0 Å². The maximum Gasteiger partial charge on any atom is 0.257 e. The number of halogens is 2. The molecule has 0 saturated heterocycles. The maximum absolute atomic E-state index is 12.3. The third kappa shape index (κ3) is 4.21. The molecule has 0 unspecified atom stereocenters. The Morgan fingerprint density at radius 2 is 1.90 bits per heavy atom. The highest BCUT2D eigenvalue weighted by Crippen LogP contribution is 2.23. The Bertz CT molecular complexity index is 644. The number of hydrogen-bond acceptors (Lipinski definition) is 2. The fraction of sp³-hybridized carbons (Fsp3) is 0.188. The molecule has 0 saturated carbocycles. The molecular weight excluding hydrogens is 307 g/mol. The van der Waals surface area contributed by atoms with Crippen molar-refractivity contribution in [3.05, 3.63) is 63.6 Å². The summed E-state index contributed by atoms with van der Waals surface area (Å²) in [6, 6.07) is 12.5. The Hall–Kier alpha value is -1.55. The molecule has 21 heavy (non-hydrogen) atoms. The SMILES string of the molecule is CCNCc1ccccc1NC(=O)c1ccc(Cl)cc1Cl. The summed E-state index contributed by atoms with van der Waals surface area (Å²) in [5.74, 6) is -0.249. The van der Waals surface area contributed by atoms with Gasteiger partial charge in [-0.2, -0.15) is 0 Å². The van der Waals surface area contributed by atoms with Crippen LogP contribution < -0.4 is 10.6 Å². The third-order valence-electron chi connectivity index (χ3n) is 3.01. The number of para-hydroxylation sites is 1. The van der Waals surface area contributed by atoms with Crippen LogP contribution in [-0.4, -0.2) is 12.5 Å². The Morgan fingerprint density at radius 3 is 2.62 bits per heavy atom. The number of carbonyl (C=O) groups excluding carboxylic acids is 1. The van der Waals surface area contributed by atoms with Crippen LogP contribution in [0.25, 0.3) is 0 Å². The van der Waals surface area contributed by atoms with E-state index in [2.05, 4.69) is 10.6 Å². The number of rotatable bonds is 5. The van der Waals surface area contributed by atoms with Gasteiger partial charge in [0.2, 0.25) is 0 Å². The normalized spacial score (nSPS) is 10.4. The molecule has 0 aliphatic heterocycles. The molecule has 2 aromatic carbocycles. The average molecular weight is 323 g/mol. The molecule has 0 fully saturated rings. The van der Waals surface area contributed by atoms with Gasteiger partial charge in [-0.3, -0.25) is 4.79 Å². The van der Waals surface area contributed by atoms with Crippen LogP contribution in [0.3, 0.4) is 0 Å². The first kappa shape index (κ1) is 15.8. The van der Waals surface area contributed by atoms with E-state index in [4.69, 9.17) is 23.2 Å². The van der Waals surface area contributed by atoms with Crippen molar-refractivity contribution in [1.82, 2.24) is 5.32 Å². The van der Waals surface area contributed by atoms with E-state index in [1.54, 1.807) is 18.2 Å². The Kier molecular flexibility index (Phi) is 5.62. The predicted octanol–water partition coefficient (Wildman–Crippen LogP) is 4.36. The van der Waals surface area contributed by atoms with Crippen molar-refractivity contribution in [2.75, 3.05) is 11.9 Å². The molecule has 2 rings (SSSR count). The first-order valence-electron chi connectivity index (χ1n) is 6.67. The van der Waals surface area contributed by atoms with Crippen LogP contribution in [0.4, 0.5) is 5.69 Å². The fourth-order valence-electron chi connectivity index (χ4n) is 1.92. The quantitative estimate of drug-likeness (QED) is 0.858. The Morgan fingerprint density at radius 1 is 1.14 bits per heavy atom. The van der Waals surface area contributed by atoms with E-state index < -0.39 is 0 Å².